The van der Waals surface area contributed by atoms with Gasteiger partial charge in [-0.05, 0) is 58.8 Å². The first kappa shape index (κ1) is 14.4. The number of hydrogen-bond acceptors (Lipinski definition) is 3. The average Bonchev–Trinajstić information content (AvgIpc) is 2.38. The molecule has 0 radical (unpaired) electrons. The van der Waals surface area contributed by atoms with Gasteiger partial charge in [0.05, 0.1) is 5.69 Å². The first-order valence-corrected chi connectivity index (χ1v) is 8.35. The van der Waals surface area contributed by atoms with Gasteiger partial charge in [0.1, 0.15) is 0 Å². The maximum atomic E-state index is 5.63. The molecule has 3 nitrogen and oxygen atoms in total. The Balaban J connectivity index is 1.59. The number of rotatable bonds is 3. The fourth-order valence-electron chi connectivity index (χ4n) is 3.65. The third-order valence-electron chi connectivity index (χ3n) is 4.83. The van der Waals surface area contributed by atoms with Crippen molar-refractivity contribution < 1.29 is 0 Å². The Kier molecular flexibility index (Phi) is 4.07. The number of anilines is 1. The van der Waals surface area contributed by atoms with Gasteiger partial charge in [-0.2, -0.15) is 0 Å². The van der Waals surface area contributed by atoms with Crippen molar-refractivity contribution >= 4 is 21.6 Å². The van der Waals surface area contributed by atoms with E-state index in [1.54, 1.807) is 0 Å². The monoisotopic (exact) mass is 337 g/mol. The van der Waals surface area contributed by atoms with Gasteiger partial charge in [0.2, 0.25) is 0 Å². The van der Waals surface area contributed by atoms with Crippen LogP contribution in [0.3, 0.4) is 0 Å². The van der Waals surface area contributed by atoms with Crippen LogP contribution in [-0.2, 0) is 0 Å². The molecule has 2 N–H and O–H groups in total. The Bertz CT molecular complexity index is 473. The number of hydrogen-bond donors (Lipinski definition) is 1. The number of likely N-dealkylation sites (tertiary alicyclic amines) is 1. The van der Waals surface area contributed by atoms with Crippen molar-refractivity contribution in [1.29, 1.82) is 0 Å². The van der Waals surface area contributed by atoms with E-state index in [1.165, 1.54) is 54.7 Å². The van der Waals surface area contributed by atoms with Gasteiger partial charge in [-0.3, -0.25) is 0 Å². The highest BCUT2D eigenvalue weighted by Gasteiger charge is 2.44. The van der Waals surface area contributed by atoms with Crippen molar-refractivity contribution in [1.82, 2.24) is 4.90 Å². The summed E-state index contributed by atoms with van der Waals surface area (Å²) in [5.74, 6) is 0. The van der Waals surface area contributed by atoms with Gasteiger partial charge < -0.3 is 15.5 Å². The summed E-state index contributed by atoms with van der Waals surface area (Å²) >= 11 is 3.71. The summed E-state index contributed by atoms with van der Waals surface area (Å²) in [6.07, 6.45) is 2.63. The summed E-state index contributed by atoms with van der Waals surface area (Å²) in [4.78, 5) is 5.03. The molecule has 2 fully saturated rings. The van der Waals surface area contributed by atoms with E-state index in [0.717, 1.165) is 13.1 Å². The zero-order valence-corrected chi connectivity index (χ0v) is 13.8. The van der Waals surface area contributed by atoms with Crippen molar-refractivity contribution in [2.45, 2.75) is 19.8 Å². The van der Waals surface area contributed by atoms with Crippen molar-refractivity contribution in [2.24, 2.45) is 11.1 Å². The molecule has 2 aliphatic heterocycles. The summed E-state index contributed by atoms with van der Waals surface area (Å²) in [5.41, 5.74) is 8.88. The first-order valence-electron chi connectivity index (χ1n) is 7.55. The van der Waals surface area contributed by atoms with Gasteiger partial charge in [0.25, 0.3) is 0 Å². The van der Waals surface area contributed by atoms with Crippen LogP contribution in [-0.4, -0.2) is 44.2 Å². The topological polar surface area (TPSA) is 32.5 Å². The van der Waals surface area contributed by atoms with Crippen LogP contribution in [0.2, 0.25) is 0 Å². The molecule has 2 aliphatic rings. The molecule has 0 unspecified atom stereocenters. The lowest BCUT2D eigenvalue weighted by Gasteiger charge is -2.54. The largest absolute Gasteiger partial charge is 0.371 e. The van der Waals surface area contributed by atoms with Crippen molar-refractivity contribution in [3.8, 4) is 0 Å². The molecule has 0 bridgehead atoms. The summed E-state index contributed by atoms with van der Waals surface area (Å²) < 4.78 is 1.23. The normalized spacial score (nSPS) is 22.1. The summed E-state index contributed by atoms with van der Waals surface area (Å²) in [6.45, 7) is 8.87. The van der Waals surface area contributed by atoms with Crippen LogP contribution in [0.4, 0.5) is 5.69 Å². The molecule has 4 heteroatoms. The first-order chi connectivity index (χ1) is 9.62. The second-order valence-electron chi connectivity index (χ2n) is 6.44. The standard InChI is InChI=1S/C16H24BrN3/c1-13-2-3-15(14(17)10-13)20-7-4-16(5-8-20)11-19(12-16)9-6-18/h2-3,10H,4-9,11-12,18H2,1H3. The zero-order valence-electron chi connectivity index (χ0n) is 12.2. The Morgan fingerprint density at radius 3 is 2.55 bits per heavy atom. The van der Waals surface area contributed by atoms with Crippen LogP contribution in [0.25, 0.3) is 0 Å². The Morgan fingerprint density at radius 1 is 1.25 bits per heavy atom. The van der Waals surface area contributed by atoms with E-state index in [-0.39, 0.29) is 0 Å². The summed E-state index contributed by atoms with van der Waals surface area (Å²) in [6, 6.07) is 6.67. The lowest BCUT2D eigenvalue weighted by Crippen LogP contribution is -2.61. The zero-order chi connectivity index (χ0) is 14.2. The summed E-state index contributed by atoms with van der Waals surface area (Å²) in [5, 5.41) is 0. The minimum atomic E-state index is 0.586. The quantitative estimate of drug-likeness (QED) is 0.920. The van der Waals surface area contributed by atoms with Crippen LogP contribution >= 0.6 is 15.9 Å². The molecular formula is C16H24BrN3. The average molecular weight is 338 g/mol. The minimum absolute atomic E-state index is 0.586. The van der Waals surface area contributed by atoms with E-state index >= 15 is 0 Å². The lowest BCUT2D eigenvalue weighted by atomic mass is 9.72. The van der Waals surface area contributed by atoms with Crippen molar-refractivity contribution in [3.63, 3.8) is 0 Å². The van der Waals surface area contributed by atoms with Crippen LogP contribution in [0.15, 0.2) is 22.7 Å². The highest BCUT2D eigenvalue weighted by Crippen LogP contribution is 2.42. The number of nitrogens with two attached hydrogens (primary N) is 1. The molecule has 2 heterocycles. The molecule has 1 aromatic carbocycles. The second kappa shape index (κ2) is 5.66. The molecule has 0 aliphatic carbocycles. The maximum absolute atomic E-state index is 5.63. The molecule has 0 saturated carbocycles. The van der Waals surface area contributed by atoms with Gasteiger partial charge >= 0.3 is 0 Å². The van der Waals surface area contributed by atoms with Gasteiger partial charge in [-0.15, -0.1) is 0 Å². The van der Waals surface area contributed by atoms with Crippen LogP contribution in [0.5, 0.6) is 0 Å². The van der Waals surface area contributed by atoms with Crippen molar-refractivity contribution in [2.75, 3.05) is 44.2 Å². The number of nitrogens with zero attached hydrogens (tertiary/aromatic N) is 2. The minimum Gasteiger partial charge on any atom is -0.371 e. The van der Waals surface area contributed by atoms with Gasteiger partial charge in [-0.25, -0.2) is 0 Å². The molecular weight excluding hydrogens is 314 g/mol. The van der Waals surface area contributed by atoms with Gasteiger partial charge in [0, 0.05) is 43.7 Å². The fourth-order valence-corrected chi connectivity index (χ4v) is 4.39. The Labute approximate surface area is 130 Å². The van der Waals surface area contributed by atoms with E-state index < -0.39 is 0 Å². The molecule has 1 spiro atoms. The third kappa shape index (κ3) is 2.74. The smallest absolute Gasteiger partial charge is 0.0510 e. The maximum Gasteiger partial charge on any atom is 0.0510 e. The Hall–Kier alpha value is -0.580. The molecule has 110 valence electrons. The number of benzene rings is 1. The third-order valence-corrected chi connectivity index (χ3v) is 5.47. The highest BCUT2D eigenvalue weighted by atomic mass is 79.9. The SMILES string of the molecule is Cc1ccc(N2CCC3(CC2)CN(CCN)C3)c(Br)c1. The van der Waals surface area contributed by atoms with Gasteiger partial charge in [-0.1, -0.05) is 6.07 Å². The van der Waals surface area contributed by atoms with E-state index in [1.807, 2.05) is 0 Å². The van der Waals surface area contributed by atoms with Crippen LogP contribution in [0, 0.1) is 12.3 Å². The molecule has 0 aromatic heterocycles. The van der Waals surface area contributed by atoms with Crippen molar-refractivity contribution in [3.05, 3.63) is 28.2 Å². The number of piperidine rings is 1. The molecule has 20 heavy (non-hydrogen) atoms. The van der Waals surface area contributed by atoms with Crippen LogP contribution in [0.1, 0.15) is 18.4 Å². The predicted molar refractivity (Wildman–Crippen MR) is 88.3 cm³/mol. The van der Waals surface area contributed by atoms with E-state index in [2.05, 4.69) is 50.9 Å². The lowest BCUT2D eigenvalue weighted by molar-refractivity contribution is -0.0158. The van der Waals surface area contributed by atoms with E-state index in [0.29, 0.717) is 5.41 Å². The second-order valence-corrected chi connectivity index (χ2v) is 7.30. The predicted octanol–water partition coefficient (Wildman–Crippen LogP) is 2.62. The summed E-state index contributed by atoms with van der Waals surface area (Å²) in [7, 11) is 0. The molecule has 2 saturated heterocycles. The Morgan fingerprint density at radius 2 is 1.95 bits per heavy atom. The highest BCUT2D eigenvalue weighted by molar-refractivity contribution is 9.10. The molecule has 3 rings (SSSR count). The number of aryl methyl sites for hydroxylation is 1. The van der Waals surface area contributed by atoms with E-state index in [9.17, 15) is 0 Å². The van der Waals surface area contributed by atoms with E-state index in [4.69, 9.17) is 5.73 Å². The molecule has 0 atom stereocenters. The van der Waals surface area contributed by atoms with Gasteiger partial charge in [0.15, 0.2) is 0 Å². The molecule has 1 aromatic rings. The number of halogens is 1. The molecule has 0 amide bonds. The van der Waals surface area contributed by atoms with Crippen LogP contribution < -0.4 is 10.6 Å². The fraction of sp³-hybridized carbons (Fsp3) is 0.625.